The summed E-state index contributed by atoms with van der Waals surface area (Å²) in [6.07, 6.45) is 0. The van der Waals surface area contributed by atoms with Gasteiger partial charge in [-0.3, -0.25) is 9.59 Å². The van der Waals surface area contributed by atoms with Crippen LogP contribution in [0.15, 0.2) is 58.1 Å². The van der Waals surface area contributed by atoms with E-state index >= 15 is 0 Å². The van der Waals surface area contributed by atoms with Crippen LogP contribution in [0.3, 0.4) is 0 Å². The summed E-state index contributed by atoms with van der Waals surface area (Å²) in [5, 5.41) is 15.9. The van der Waals surface area contributed by atoms with E-state index in [9.17, 15) is 9.59 Å². The number of nitrogens with zero attached hydrogens (tertiary/aromatic N) is 1. The second-order valence-corrected chi connectivity index (χ2v) is 24.7. The zero-order valence-corrected chi connectivity index (χ0v) is 27.9. The molecule has 0 aliphatic heterocycles. The lowest BCUT2D eigenvalue weighted by molar-refractivity contribution is 0.971. The van der Waals surface area contributed by atoms with Crippen molar-refractivity contribution in [3.05, 3.63) is 85.9 Å². The van der Waals surface area contributed by atoms with Gasteiger partial charge in [-0.2, -0.15) is 0 Å². The lowest BCUT2D eigenvalue weighted by atomic mass is 9.95. The van der Waals surface area contributed by atoms with E-state index in [-0.39, 0.29) is 11.1 Å². The average Bonchev–Trinajstić information content (AvgIpc) is 3.41. The van der Waals surface area contributed by atoms with Gasteiger partial charge in [0.15, 0.2) is 0 Å². The molecule has 0 saturated heterocycles. The van der Waals surface area contributed by atoms with Gasteiger partial charge < -0.3 is 0 Å². The first-order chi connectivity index (χ1) is 19.7. The maximum absolute atomic E-state index is 14.7. The minimum atomic E-state index is -1.83. The molecule has 0 amide bonds. The molecule has 1 heterocycles. The number of benzene rings is 6. The Labute approximate surface area is 246 Å². The molecule has 3 nitrogen and oxygen atoms in total. The van der Waals surface area contributed by atoms with Crippen molar-refractivity contribution in [2.75, 3.05) is 0 Å². The van der Waals surface area contributed by atoms with Crippen LogP contribution in [-0.2, 0) is 0 Å². The Bertz CT molecular complexity index is 2400. The molecular formula is C37H35NO2Si2. The molecule has 0 radical (unpaired) electrons. The van der Waals surface area contributed by atoms with Gasteiger partial charge in [0.25, 0.3) is 11.1 Å². The average molecular weight is 582 g/mol. The fourth-order valence-electron chi connectivity index (χ4n) is 7.83. The molecule has 8 aromatic rings. The molecule has 208 valence electrons. The third-order valence-corrected chi connectivity index (χ3v) is 14.2. The van der Waals surface area contributed by atoms with Crippen molar-refractivity contribution in [2.24, 2.45) is 0 Å². The Morgan fingerprint density at radius 1 is 0.500 bits per heavy atom. The fourth-order valence-corrected chi connectivity index (χ4v) is 11.0. The highest BCUT2D eigenvalue weighted by Gasteiger charge is 2.32. The van der Waals surface area contributed by atoms with Crippen molar-refractivity contribution in [1.29, 1.82) is 0 Å². The van der Waals surface area contributed by atoms with E-state index in [0.717, 1.165) is 27.5 Å². The zero-order chi connectivity index (χ0) is 29.8. The molecule has 0 aliphatic rings. The molecule has 0 atom stereocenters. The molecule has 0 spiro atoms. The number of aryl methyl sites for hydroxylation is 1. The van der Waals surface area contributed by atoms with E-state index in [2.05, 4.69) is 89.5 Å². The molecule has 0 aliphatic carbocycles. The highest BCUT2D eigenvalue weighted by molar-refractivity contribution is 6.91. The monoisotopic (exact) mass is 581 g/mol. The van der Waals surface area contributed by atoms with Crippen LogP contribution in [0.5, 0.6) is 0 Å². The zero-order valence-electron chi connectivity index (χ0n) is 25.9. The van der Waals surface area contributed by atoms with Crippen LogP contribution in [0.25, 0.3) is 70.3 Å². The van der Waals surface area contributed by atoms with Gasteiger partial charge in [-0.05, 0) is 97.4 Å². The Morgan fingerprint density at radius 3 is 1.40 bits per heavy atom. The molecule has 42 heavy (non-hydrogen) atoms. The molecule has 0 saturated carbocycles. The summed E-state index contributed by atoms with van der Waals surface area (Å²) in [6.45, 7) is 20.4. The molecule has 0 bridgehead atoms. The van der Waals surface area contributed by atoms with Gasteiger partial charge in [0.1, 0.15) is 0 Å². The molecular weight excluding hydrogens is 547 g/mol. The normalized spacial score (nSPS) is 13.5. The van der Waals surface area contributed by atoms with Gasteiger partial charge in [-0.25, -0.2) is 4.57 Å². The van der Waals surface area contributed by atoms with E-state index in [1.165, 1.54) is 58.0 Å². The van der Waals surface area contributed by atoms with Gasteiger partial charge in [0, 0.05) is 0 Å². The number of hydrogen-bond donors (Lipinski definition) is 0. The van der Waals surface area contributed by atoms with Crippen molar-refractivity contribution in [2.45, 2.75) is 60.1 Å². The SMILES string of the molecule is Cc1ccc(-n2c(=O)c3c4cc([Si](C)(C)C)c5ccc6ccc7c([Si](C)(C)C)cc(c3c2=O)c2c7c6c5c42)c(C)c1C. The van der Waals surface area contributed by atoms with E-state index in [1.807, 2.05) is 19.1 Å². The van der Waals surface area contributed by atoms with Crippen molar-refractivity contribution >= 4 is 91.2 Å². The summed E-state index contributed by atoms with van der Waals surface area (Å²) in [4.78, 5) is 29.3. The first-order valence-corrected chi connectivity index (χ1v) is 22.0. The van der Waals surface area contributed by atoms with Crippen LogP contribution in [0.4, 0.5) is 0 Å². The minimum absolute atomic E-state index is 0.193. The molecule has 0 N–H and O–H groups in total. The van der Waals surface area contributed by atoms with Gasteiger partial charge >= 0.3 is 0 Å². The number of hydrogen-bond acceptors (Lipinski definition) is 2. The molecule has 8 rings (SSSR count). The first kappa shape index (κ1) is 25.9. The molecule has 0 fully saturated rings. The minimum Gasteiger partial charge on any atom is -0.268 e. The highest BCUT2D eigenvalue weighted by atomic mass is 28.3. The third-order valence-electron chi connectivity index (χ3n) is 10.1. The topological polar surface area (TPSA) is 39.1 Å². The smallest absolute Gasteiger partial charge is 0.266 e. The summed E-state index contributed by atoms with van der Waals surface area (Å²) in [5.41, 5.74) is 3.57. The van der Waals surface area contributed by atoms with Crippen LogP contribution in [0.1, 0.15) is 16.7 Å². The maximum Gasteiger partial charge on any atom is 0.266 e. The number of fused-ring (bicyclic) bond motifs is 3. The maximum atomic E-state index is 14.7. The lowest BCUT2D eigenvalue weighted by Gasteiger charge is -2.21. The second-order valence-electron chi connectivity index (χ2n) is 14.6. The van der Waals surface area contributed by atoms with Crippen LogP contribution >= 0.6 is 0 Å². The van der Waals surface area contributed by atoms with Crippen molar-refractivity contribution in [1.82, 2.24) is 4.57 Å². The van der Waals surface area contributed by atoms with E-state index < -0.39 is 16.1 Å². The summed E-state index contributed by atoms with van der Waals surface area (Å²) in [6, 6.07) is 17.7. The van der Waals surface area contributed by atoms with Crippen LogP contribution < -0.4 is 21.5 Å². The number of rotatable bonds is 3. The van der Waals surface area contributed by atoms with E-state index in [4.69, 9.17) is 0 Å². The van der Waals surface area contributed by atoms with Crippen molar-refractivity contribution in [3.63, 3.8) is 0 Å². The van der Waals surface area contributed by atoms with Gasteiger partial charge in [-0.1, -0.05) is 92.1 Å². The van der Waals surface area contributed by atoms with Gasteiger partial charge in [0.2, 0.25) is 0 Å². The largest absolute Gasteiger partial charge is 0.268 e. The van der Waals surface area contributed by atoms with Crippen LogP contribution in [-0.4, -0.2) is 20.7 Å². The summed E-state index contributed by atoms with van der Waals surface area (Å²) in [7, 11) is -3.66. The van der Waals surface area contributed by atoms with Crippen molar-refractivity contribution in [3.8, 4) is 5.69 Å². The molecule has 7 aromatic carbocycles. The van der Waals surface area contributed by atoms with E-state index in [1.54, 1.807) is 0 Å². The van der Waals surface area contributed by atoms with Crippen LogP contribution in [0, 0.1) is 20.8 Å². The quantitative estimate of drug-likeness (QED) is 0.157. The predicted octanol–water partition coefficient (Wildman–Crippen LogP) is 7.88. The van der Waals surface area contributed by atoms with Gasteiger partial charge in [-0.15, -0.1) is 0 Å². The molecule has 0 unspecified atom stereocenters. The standard InChI is InChI=1S/C37H35NO2Si2/c1-18-10-15-26(20(3)19(18)2)38-36(39)34-24-16-27(41(4,5)6)22-13-11-21-12-14-23-28(42(7,8)9)17-25(35(34)37(38)40)33-31(23)29(21)30(22)32(24)33/h10-17H,1-9H3. The Morgan fingerprint density at radius 2 is 0.952 bits per heavy atom. The summed E-state index contributed by atoms with van der Waals surface area (Å²) in [5.74, 6) is 0. The lowest BCUT2D eigenvalue weighted by Crippen LogP contribution is -2.38. The summed E-state index contributed by atoms with van der Waals surface area (Å²) >= 11 is 0. The third kappa shape index (κ3) is 2.95. The summed E-state index contributed by atoms with van der Waals surface area (Å²) < 4.78 is 1.47. The Kier molecular flexibility index (Phi) is 4.79. The number of aromatic nitrogens is 1. The van der Waals surface area contributed by atoms with Crippen molar-refractivity contribution < 1.29 is 0 Å². The molecule has 1 aromatic heterocycles. The first-order valence-electron chi connectivity index (χ1n) is 15.0. The fraction of sp³-hybridized carbons (Fsp3) is 0.243. The highest BCUT2D eigenvalue weighted by Crippen LogP contribution is 2.49. The Balaban J connectivity index is 1.75. The van der Waals surface area contributed by atoms with Gasteiger partial charge in [0.05, 0.1) is 32.6 Å². The predicted molar refractivity (Wildman–Crippen MR) is 188 cm³/mol. The van der Waals surface area contributed by atoms with E-state index in [0.29, 0.717) is 16.5 Å². The van der Waals surface area contributed by atoms with Crippen LogP contribution in [0.2, 0.25) is 39.3 Å². The second kappa shape index (κ2) is 7.77. The molecule has 5 heteroatoms. The Hall–Kier alpha value is -3.81.